The average molecular weight is 361 g/mol. The Kier molecular flexibility index (Phi) is 7.17. The number of carboxylic acid groups (broad SMARTS) is 1. The molecule has 1 atom stereocenters. The van der Waals surface area contributed by atoms with Crippen LogP contribution in [0.5, 0.6) is 0 Å². The van der Waals surface area contributed by atoms with Crippen LogP contribution in [0.3, 0.4) is 0 Å². The van der Waals surface area contributed by atoms with Gasteiger partial charge in [-0.15, -0.1) is 12.4 Å². The molecule has 118 valence electrons. The fourth-order valence-corrected chi connectivity index (χ4v) is 2.59. The normalized spacial score (nSPS) is 11.6. The predicted molar refractivity (Wildman–Crippen MR) is 93.2 cm³/mol. The average Bonchev–Trinajstić information content (AvgIpc) is 2.45. The second-order valence-electron chi connectivity index (χ2n) is 4.77. The van der Waals surface area contributed by atoms with Crippen molar-refractivity contribution < 1.29 is 9.90 Å². The van der Waals surface area contributed by atoms with Crippen molar-refractivity contribution in [3.8, 4) is 11.1 Å². The van der Waals surface area contributed by atoms with Crippen LogP contribution in [0, 0.1) is 0 Å². The lowest BCUT2D eigenvalue weighted by Gasteiger charge is -2.18. The van der Waals surface area contributed by atoms with E-state index in [4.69, 9.17) is 34.0 Å². The molecule has 0 radical (unpaired) electrons. The topological polar surface area (TPSA) is 63.3 Å². The Hall–Kier alpha value is -1.26. The van der Waals surface area contributed by atoms with E-state index in [2.05, 4.69) is 0 Å². The lowest BCUT2D eigenvalue weighted by molar-refractivity contribution is -0.137. The van der Waals surface area contributed by atoms with E-state index in [9.17, 15) is 4.79 Å². The highest BCUT2D eigenvalue weighted by Gasteiger charge is 2.18. The van der Waals surface area contributed by atoms with Gasteiger partial charge in [0.25, 0.3) is 0 Å². The van der Waals surface area contributed by atoms with E-state index >= 15 is 0 Å². The highest BCUT2D eigenvalue weighted by Crippen LogP contribution is 2.33. The highest BCUT2D eigenvalue weighted by atomic mass is 35.5. The Balaban J connectivity index is 0.00000242. The quantitative estimate of drug-likeness (QED) is 0.819. The van der Waals surface area contributed by atoms with Crippen molar-refractivity contribution in [2.45, 2.75) is 12.3 Å². The molecule has 0 aliphatic rings. The van der Waals surface area contributed by atoms with Crippen LogP contribution >= 0.6 is 35.6 Å². The molecule has 2 rings (SSSR count). The van der Waals surface area contributed by atoms with E-state index in [-0.39, 0.29) is 31.3 Å². The molecule has 3 nitrogen and oxygen atoms in total. The first kappa shape index (κ1) is 18.8. The first-order valence-electron chi connectivity index (χ1n) is 6.48. The van der Waals surface area contributed by atoms with Gasteiger partial charge in [0.15, 0.2) is 0 Å². The van der Waals surface area contributed by atoms with Gasteiger partial charge in [0.2, 0.25) is 0 Å². The zero-order valence-electron chi connectivity index (χ0n) is 11.6. The molecular formula is C16H16Cl3NO2. The summed E-state index contributed by atoms with van der Waals surface area (Å²) in [5, 5.41) is 10.3. The number of benzene rings is 2. The number of nitrogens with two attached hydrogens (primary N) is 1. The third-order valence-corrected chi connectivity index (χ3v) is 3.80. The van der Waals surface area contributed by atoms with Gasteiger partial charge >= 0.3 is 5.97 Å². The Bertz CT molecular complexity index is 644. The Labute approximate surface area is 145 Å². The van der Waals surface area contributed by atoms with Gasteiger partial charge in [0, 0.05) is 16.0 Å². The number of halogens is 3. The molecule has 0 heterocycles. The van der Waals surface area contributed by atoms with E-state index < -0.39 is 5.97 Å². The molecule has 0 aliphatic carbocycles. The van der Waals surface area contributed by atoms with Crippen molar-refractivity contribution in [1.82, 2.24) is 0 Å². The maximum Gasteiger partial charge on any atom is 0.304 e. The molecule has 2 aromatic rings. The molecule has 0 aliphatic heterocycles. The van der Waals surface area contributed by atoms with Crippen LogP contribution in [0.15, 0.2) is 42.5 Å². The Morgan fingerprint density at radius 3 is 2.23 bits per heavy atom. The summed E-state index contributed by atoms with van der Waals surface area (Å²) in [5.74, 6) is -1.13. The molecular weight excluding hydrogens is 345 g/mol. The second-order valence-corrected chi connectivity index (χ2v) is 5.64. The first-order chi connectivity index (χ1) is 10.0. The number of rotatable bonds is 5. The van der Waals surface area contributed by atoms with E-state index in [1.54, 1.807) is 18.2 Å². The van der Waals surface area contributed by atoms with Gasteiger partial charge in [0.1, 0.15) is 0 Å². The van der Waals surface area contributed by atoms with Crippen molar-refractivity contribution >= 4 is 41.6 Å². The molecule has 22 heavy (non-hydrogen) atoms. The van der Waals surface area contributed by atoms with Crippen LogP contribution in [0.2, 0.25) is 10.0 Å². The van der Waals surface area contributed by atoms with E-state index in [0.717, 1.165) is 16.7 Å². The van der Waals surface area contributed by atoms with Crippen LogP contribution in [0.25, 0.3) is 11.1 Å². The molecule has 0 unspecified atom stereocenters. The fraction of sp³-hybridized carbons (Fsp3) is 0.188. The van der Waals surface area contributed by atoms with Gasteiger partial charge in [0.05, 0.1) is 6.42 Å². The van der Waals surface area contributed by atoms with Crippen LogP contribution in [0.1, 0.15) is 17.9 Å². The van der Waals surface area contributed by atoms with Crippen molar-refractivity contribution in [2.24, 2.45) is 5.73 Å². The standard InChI is InChI=1S/C16H15Cl2NO2.ClH/c17-12-3-1-10(2-4-12)15-8-13(18)5-6-14(15)11(9-19)7-16(20)21;/h1-6,8,11H,7,9,19H2,(H,20,21);1H/t11-;/m0./s1. The number of carboxylic acids is 1. The molecule has 0 fully saturated rings. The van der Waals surface area contributed by atoms with Crippen LogP contribution in [-0.2, 0) is 4.79 Å². The minimum atomic E-state index is -0.873. The van der Waals surface area contributed by atoms with Gasteiger partial charge < -0.3 is 10.8 Å². The van der Waals surface area contributed by atoms with Crippen molar-refractivity contribution in [2.75, 3.05) is 6.54 Å². The second kappa shape index (κ2) is 8.39. The summed E-state index contributed by atoms with van der Waals surface area (Å²) >= 11 is 12.0. The number of carbonyl (C=O) groups is 1. The Morgan fingerprint density at radius 2 is 1.68 bits per heavy atom. The zero-order chi connectivity index (χ0) is 15.4. The lowest BCUT2D eigenvalue weighted by Crippen LogP contribution is -2.17. The number of hydrogen-bond donors (Lipinski definition) is 2. The monoisotopic (exact) mass is 359 g/mol. The largest absolute Gasteiger partial charge is 0.481 e. The van der Waals surface area contributed by atoms with Crippen LogP contribution < -0.4 is 5.73 Å². The fourth-order valence-electron chi connectivity index (χ4n) is 2.29. The first-order valence-corrected chi connectivity index (χ1v) is 7.24. The Morgan fingerprint density at radius 1 is 1.09 bits per heavy atom. The lowest BCUT2D eigenvalue weighted by atomic mass is 9.88. The van der Waals surface area contributed by atoms with Crippen molar-refractivity contribution in [1.29, 1.82) is 0 Å². The molecule has 6 heteroatoms. The van der Waals surface area contributed by atoms with Gasteiger partial charge in [-0.3, -0.25) is 4.79 Å². The molecule has 0 saturated carbocycles. The number of aliphatic carboxylic acids is 1. The van der Waals surface area contributed by atoms with Crippen molar-refractivity contribution in [3.05, 3.63) is 58.1 Å². The maximum absolute atomic E-state index is 11.0. The molecule has 0 aromatic heterocycles. The summed E-state index contributed by atoms with van der Waals surface area (Å²) in [6.07, 6.45) is -0.0152. The van der Waals surface area contributed by atoms with Crippen molar-refractivity contribution in [3.63, 3.8) is 0 Å². The summed E-state index contributed by atoms with van der Waals surface area (Å²) < 4.78 is 0. The van der Waals surface area contributed by atoms with E-state index in [1.807, 2.05) is 24.3 Å². The summed E-state index contributed by atoms with van der Waals surface area (Å²) in [4.78, 5) is 11.0. The molecule has 0 spiro atoms. The number of hydrogen-bond acceptors (Lipinski definition) is 2. The third-order valence-electron chi connectivity index (χ3n) is 3.32. The molecule has 2 aromatic carbocycles. The molecule has 3 N–H and O–H groups in total. The summed E-state index contributed by atoms with van der Waals surface area (Å²) in [6.45, 7) is 0.258. The van der Waals surface area contributed by atoms with Gasteiger partial charge in [-0.25, -0.2) is 0 Å². The summed E-state index contributed by atoms with van der Waals surface area (Å²) in [6, 6.07) is 12.8. The molecule has 0 amide bonds. The zero-order valence-corrected chi connectivity index (χ0v) is 14.0. The minimum Gasteiger partial charge on any atom is -0.481 e. The van der Waals surface area contributed by atoms with Gasteiger partial charge in [-0.2, -0.15) is 0 Å². The molecule has 0 bridgehead atoms. The smallest absolute Gasteiger partial charge is 0.304 e. The minimum absolute atomic E-state index is 0. The molecule has 0 saturated heterocycles. The van der Waals surface area contributed by atoms with Gasteiger partial charge in [-0.05, 0) is 47.5 Å². The van der Waals surface area contributed by atoms with Gasteiger partial charge in [-0.1, -0.05) is 41.4 Å². The SMILES string of the molecule is Cl.NC[C@H](CC(=O)O)c1ccc(Cl)cc1-c1ccc(Cl)cc1. The summed E-state index contributed by atoms with van der Waals surface area (Å²) in [5.41, 5.74) is 8.44. The van der Waals surface area contributed by atoms with Crippen LogP contribution in [0.4, 0.5) is 0 Å². The third kappa shape index (κ3) is 4.62. The highest BCUT2D eigenvalue weighted by molar-refractivity contribution is 6.31. The summed E-state index contributed by atoms with van der Waals surface area (Å²) in [7, 11) is 0. The van der Waals surface area contributed by atoms with E-state index in [1.165, 1.54) is 0 Å². The maximum atomic E-state index is 11.0. The van der Waals surface area contributed by atoms with Crippen LogP contribution in [-0.4, -0.2) is 17.6 Å². The predicted octanol–water partition coefficient (Wildman–Crippen LogP) is 4.60. The van der Waals surface area contributed by atoms with E-state index in [0.29, 0.717) is 10.0 Å².